The second-order valence-corrected chi connectivity index (χ2v) is 6.73. The molecule has 1 heterocycles. The lowest BCUT2D eigenvalue weighted by atomic mass is 10.0. The number of fused-ring (bicyclic) bond motifs is 1. The molecule has 0 bridgehead atoms. The zero-order valence-corrected chi connectivity index (χ0v) is 17.0. The van der Waals surface area contributed by atoms with Crippen molar-refractivity contribution in [1.82, 2.24) is 20.8 Å². The van der Waals surface area contributed by atoms with E-state index in [0.29, 0.717) is 11.1 Å². The van der Waals surface area contributed by atoms with Gasteiger partial charge in [0.1, 0.15) is 6.33 Å². The van der Waals surface area contributed by atoms with Gasteiger partial charge in [0.15, 0.2) is 0 Å². The first kappa shape index (κ1) is 21.2. The highest BCUT2D eigenvalue weighted by Gasteiger charge is 2.24. The molecule has 0 saturated carbocycles. The minimum absolute atomic E-state index is 0.263. The van der Waals surface area contributed by atoms with Gasteiger partial charge < -0.3 is 0 Å². The molecule has 0 aliphatic rings. The van der Waals surface area contributed by atoms with Crippen LogP contribution in [0.25, 0.3) is 10.8 Å². The number of rotatable bonds is 7. The molecule has 0 aliphatic heterocycles. The van der Waals surface area contributed by atoms with E-state index in [1.165, 1.54) is 0 Å². The fourth-order valence-electron chi connectivity index (χ4n) is 3.12. The summed E-state index contributed by atoms with van der Waals surface area (Å²) >= 11 is 0. The van der Waals surface area contributed by atoms with Crippen LogP contribution in [0.15, 0.2) is 79.1 Å². The Hall–Kier alpha value is -5.06. The number of hydrogen-bond donors (Lipinski definition) is 4. The number of amides is 2. The molecule has 1 aromatic heterocycles. The summed E-state index contributed by atoms with van der Waals surface area (Å²) in [5.41, 5.74) is 9.84. The summed E-state index contributed by atoms with van der Waals surface area (Å²) in [6.45, 7) is 0. The third-order valence-electron chi connectivity index (χ3n) is 4.66. The molecule has 3 aromatic carbocycles. The van der Waals surface area contributed by atoms with Crippen LogP contribution in [0.5, 0.6) is 0 Å². The Balaban J connectivity index is 1.51. The molecule has 0 saturated heterocycles. The summed E-state index contributed by atoms with van der Waals surface area (Å²) < 4.78 is 0. The van der Waals surface area contributed by atoms with Crippen molar-refractivity contribution in [3.8, 4) is 0 Å². The van der Waals surface area contributed by atoms with E-state index in [4.69, 9.17) is 0 Å². The Morgan fingerprint density at radius 1 is 0.758 bits per heavy atom. The summed E-state index contributed by atoms with van der Waals surface area (Å²) in [6.07, 6.45) is 1.05. The smallest absolute Gasteiger partial charge is 0.276 e. The second-order valence-electron chi connectivity index (χ2n) is 6.73. The van der Waals surface area contributed by atoms with Gasteiger partial charge in [-0.15, -0.1) is 0 Å². The molecule has 0 aliphatic carbocycles. The minimum Gasteiger partial charge on any atom is -0.276 e. The van der Waals surface area contributed by atoms with E-state index in [1.54, 1.807) is 48.5 Å². The van der Waals surface area contributed by atoms with Gasteiger partial charge in [0, 0.05) is 11.1 Å². The van der Waals surface area contributed by atoms with E-state index in [2.05, 4.69) is 31.7 Å². The molecule has 4 aromatic rings. The van der Waals surface area contributed by atoms with Crippen LogP contribution >= 0.6 is 0 Å². The first-order valence-electron chi connectivity index (χ1n) is 9.69. The van der Waals surface area contributed by atoms with Crippen LogP contribution in [-0.2, 0) is 0 Å². The van der Waals surface area contributed by atoms with Crippen molar-refractivity contribution in [2.75, 3.05) is 10.9 Å². The lowest BCUT2D eigenvalue weighted by molar-refractivity contribution is -0.383. The van der Waals surface area contributed by atoms with E-state index in [9.17, 15) is 19.7 Å². The zero-order valence-electron chi connectivity index (χ0n) is 17.0. The Kier molecular flexibility index (Phi) is 6.03. The number of carbonyl (C=O) groups excluding carboxylic acids is 2. The summed E-state index contributed by atoms with van der Waals surface area (Å²) in [5.74, 6) is -1.55. The third-order valence-corrected chi connectivity index (χ3v) is 4.66. The van der Waals surface area contributed by atoms with Crippen molar-refractivity contribution >= 4 is 39.9 Å². The van der Waals surface area contributed by atoms with E-state index < -0.39 is 22.4 Å². The summed E-state index contributed by atoms with van der Waals surface area (Å²) in [7, 11) is 0. The number of hydrazine groups is 2. The maximum Gasteiger partial charge on any atom is 0.356 e. The van der Waals surface area contributed by atoms with Crippen LogP contribution in [0.1, 0.15) is 20.7 Å². The highest BCUT2D eigenvalue weighted by atomic mass is 16.6. The van der Waals surface area contributed by atoms with E-state index >= 15 is 0 Å². The van der Waals surface area contributed by atoms with Crippen molar-refractivity contribution in [2.45, 2.75) is 0 Å². The van der Waals surface area contributed by atoms with Gasteiger partial charge >= 0.3 is 5.69 Å². The first-order chi connectivity index (χ1) is 16.0. The largest absolute Gasteiger partial charge is 0.356 e. The van der Waals surface area contributed by atoms with Crippen LogP contribution in [0, 0.1) is 10.1 Å². The van der Waals surface area contributed by atoms with Gasteiger partial charge in [0.05, 0.1) is 4.92 Å². The molecular formula is C22H17N7O4. The summed E-state index contributed by atoms with van der Waals surface area (Å²) in [4.78, 5) is 43.5. The zero-order chi connectivity index (χ0) is 23.2. The molecule has 0 unspecified atom stereocenters. The standard InChI is InChI=1S/C22H17N7O4/c30-21(15-8-2-1-3-9-15)27-25-19-18(29(32)33)20(24-13-23-19)26-28-22(31)17-12-6-10-14-7-4-5-11-16(14)17/h1-13H,(H,27,30)(H,28,31)(H2,23,24,25,26). The molecular weight excluding hydrogens is 426 g/mol. The van der Waals surface area contributed by atoms with Crippen molar-refractivity contribution in [3.63, 3.8) is 0 Å². The summed E-state index contributed by atoms with van der Waals surface area (Å²) in [6, 6.07) is 20.9. The van der Waals surface area contributed by atoms with Gasteiger partial charge in [-0.1, -0.05) is 54.6 Å². The topological polar surface area (TPSA) is 151 Å². The molecule has 164 valence electrons. The number of carbonyl (C=O) groups is 2. The van der Waals surface area contributed by atoms with E-state index in [1.807, 2.05) is 24.3 Å². The lowest BCUT2D eigenvalue weighted by Gasteiger charge is -2.12. The Labute approximate surface area is 187 Å². The molecule has 2 amide bonds. The number of hydrogen-bond acceptors (Lipinski definition) is 8. The fourth-order valence-corrected chi connectivity index (χ4v) is 3.12. The highest BCUT2D eigenvalue weighted by molar-refractivity contribution is 6.07. The molecule has 0 radical (unpaired) electrons. The number of benzene rings is 3. The number of nitrogens with one attached hydrogen (secondary N) is 4. The van der Waals surface area contributed by atoms with Gasteiger partial charge in [0.25, 0.3) is 11.8 Å². The van der Waals surface area contributed by atoms with Gasteiger partial charge in [0.2, 0.25) is 11.6 Å². The van der Waals surface area contributed by atoms with E-state index in [0.717, 1.165) is 17.1 Å². The molecule has 33 heavy (non-hydrogen) atoms. The third kappa shape index (κ3) is 4.66. The normalized spacial score (nSPS) is 10.3. The molecule has 4 rings (SSSR count). The molecule has 11 nitrogen and oxygen atoms in total. The SMILES string of the molecule is O=C(NNc1ncnc(NNC(=O)c2cccc3ccccc23)c1[N+](=O)[O-])c1ccccc1. The number of nitrogens with zero attached hydrogens (tertiary/aromatic N) is 3. The predicted octanol–water partition coefficient (Wildman–Crippen LogP) is 3.05. The maximum absolute atomic E-state index is 12.7. The minimum atomic E-state index is -0.733. The van der Waals surface area contributed by atoms with Crippen LogP contribution in [0.3, 0.4) is 0 Å². The monoisotopic (exact) mass is 443 g/mol. The average molecular weight is 443 g/mol. The predicted molar refractivity (Wildman–Crippen MR) is 121 cm³/mol. The van der Waals surface area contributed by atoms with Crippen LogP contribution in [0.4, 0.5) is 17.3 Å². The molecule has 0 fully saturated rings. The Morgan fingerprint density at radius 3 is 2.06 bits per heavy atom. The maximum atomic E-state index is 12.7. The Bertz CT molecular complexity index is 1340. The average Bonchev–Trinajstić information content (AvgIpc) is 2.85. The first-order valence-corrected chi connectivity index (χ1v) is 9.69. The van der Waals surface area contributed by atoms with Crippen molar-refractivity contribution in [1.29, 1.82) is 0 Å². The summed E-state index contributed by atoms with van der Waals surface area (Å²) in [5, 5.41) is 13.3. The second kappa shape index (κ2) is 9.39. The number of anilines is 2. The van der Waals surface area contributed by atoms with Gasteiger partial charge in [-0.05, 0) is 29.0 Å². The highest BCUT2D eigenvalue weighted by Crippen LogP contribution is 2.28. The van der Waals surface area contributed by atoms with Crippen molar-refractivity contribution < 1.29 is 14.5 Å². The number of nitro groups is 1. The molecule has 4 N–H and O–H groups in total. The van der Waals surface area contributed by atoms with Crippen LogP contribution in [0.2, 0.25) is 0 Å². The van der Waals surface area contributed by atoms with Crippen LogP contribution < -0.4 is 21.7 Å². The van der Waals surface area contributed by atoms with Crippen molar-refractivity contribution in [3.05, 3.63) is 100 Å². The quantitative estimate of drug-likeness (QED) is 0.251. The molecule has 11 heteroatoms. The van der Waals surface area contributed by atoms with Gasteiger partial charge in [-0.2, -0.15) is 0 Å². The van der Waals surface area contributed by atoms with Gasteiger partial charge in [-0.3, -0.25) is 41.4 Å². The molecule has 0 spiro atoms. The number of aromatic nitrogens is 2. The van der Waals surface area contributed by atoms with Crippen LogP contribution in [-0.4, -0.2) is 26.7 Å². The Morgan fingerprint density at radius 2 is 1.36 bits per heavy atom. The fraction of sp³-hybridized carbons (Fsp3) is 0. The van der Waals surface area contributed by atoms with Gasteiger partial charge in [-0.25, -0.2) is 9.97 Å². The molecule has 0 atom stereocenters. The van der Waals surface area contributed by atoms with E-state index in [-0.39, 0.29) is 11.6 Å². The lowest BCUT2D eigenvalue weighted by Crippen LogP contribution is -2.32. The van der Waals surface area contributed by atoms with Crippen molar-refractivity contribution in [2.24, 2.45) is 0 Å².